The number of anilines is 2. The fraction of sp³-hybridized carbons (Fsp3) is 0.0455. The van der Waals surface area contributed by atoms with Crippen molar-refractivity contribution in [2.24, 2.45) is 0 Å². The topological polar surface area (TPSA) is 84.5 Å². The number of nitrogens with one attached hydrogen (secondary N) is 2. The Morgan fingerprint density at radius 3 is 1.83 bits per heavy atom. The summed E-state index contributed by atoms with van der Waals surface area (Å²) in [6.45, 7) is 1.29. The molecule has 0 fully saturated rings. The second-order valence-corrected chi connectivity index (χ2v) is 7.05. The Bertz CT molecular complexity index is 1110. The highest BCUT2D eigenvalue weighted by atomic mass is 35.5. The van der Waals surface area contributed by atoms with Crippen LogP contribution in [0.25, 0.3) is 0 Å². The number of carbonyl (C=O) groups is 3. The lowest BCUT2D eigenvalue weighted by atomic mass is 10.2. The first-order chi connectivity index (χ1) is 14.3. The van der Waals surface area contributed by atoms with Crippen LogP contribution in [0.3, 0.4) is 0 Å². The van der Waals surface area contributed by atoms with E-state index in [2.05, 4.69) is 10.6 Å². The highest BCUT2D eigenvalue weighted by molar-refractivity contribution is 6.42. The summed E-state index contributed by atoms with van der Waals surface area (Å²) >= 11 is 11.8. The Morgan fingerprint density at radius 2 is 1.30 bits per heavy atom. The summed E-state index contributed by atoms with van der Waals surface area (Å²) in [5, 5.41) is 6.14. The van der Waals surface area contributed by atoms with Crippen LogP contribution in [-0.4, -0.2) is 17.8 Å². The minimum atomic E-state index is -0.467. The maximum absolute atomic E-state index is 12.4. The smallest absolute Gasteiger partial charge is 0.308 e. The molecule has 3 rings (SSSR count). The van der Waals surface area contributed by atoms with Crippen LogP contribution in [0.2, 0.25) is 10.0 Å². The zero-order valence-corrected chi connectivity index (χ0v) is 17.3. The van der Waals surface area contributed by atoms with Gasteiger partial charge in [-0.2, -0.15) is 0 Å². The summed E-state index contributed by atoms with van der Waals surface area (Å²) in [7, 11) is 0. The van der Waals surface area contributed by atoms with Crippen LogP contribution in [0.1, 0.15) is 27.6 Å². The molecule has 2 amide bonds. The van der Waals surface area contributed by atoms with Gasteiger partial charge in [0, 0.05) is 29.4 Å². The molecular weight excluding hydrogens is 427 g/mol. The zero-order chi connectivity index (χ0) is 21.7. The van der Waals surface area contributed by atoms with Crippen LogP contribution in [0.5, 0.6) is 5.75 Å². The van der Waals surface area contributed by atoms with Crippen molar-refractivity contribution in [1.82, 2.24) is 0 Å². The number of carbonyl (C=O) groups excluding carboxylic acids is 3. The average Bonchev–Trinajstić information content (AvgIpc) is 2.71. The molecule has 3 aromatic carbocycles. The molecule has 0 spiro atoms. The maximum Gasteiger partial charge on any atom is 0.308 e. The number of hydrogen-bond donors (Lipinski definition) is 2. The van der Waals surface area contributed by atoms with E-state index < -0.39 is 5.97 Å². The number of rotatable bonds is 5. The zero-order valence-electron chi connectivity index (χ0n) is 15.7. The fourth-order valence-corrected chi connectivity index (χ4v) is 2.85. The molecule has 152 valence electrons. The summed E-state index contributed by atoms with van der Waals surface area (Å²) in [4.78, 5) is 35.8. The van der Waals surface area contributed by atoms with E-state index in [4.69, 9.17) is 27.9 Å². The van der Waals surface area contributed by atoms with Crippen LogP contribution in [0.4, 0.5) is 11.4 Å². The van der Waals surface area contributed by atoms with Crippen molar-refractivity contribution in [2.75, 3.05) is 10.6 Å². The van der Waals surface area contributed by atoms with Gasteiger partial charge in [-0.1, -0.05) is 29.3 Å². The Hall–Kier alpha value is -3.35. The third-order valence-electron chi connectivity index (χ3n) is 3.94. The summed E-state index contributed by atoms with van der Waals surface area (Å²) in [5.41, 5.74) is 1.78. The van der Waals surface area contributed by atoms with Crippen molar-refractivity contribution in [1.29, 1.82) is 0 Å². The molecule has 0 aliphatic carbocycles. The Balaban J connectivity index is 1.64. The minimum absolute atomic E-state index is 0.288. The van der Waals surface area contributed by atoms with Crippen molar-refractivity contribution in [3.63, 3.8) is 0 Å². The van der Waals surface area contributed by atoms with E-state index in [-0.39, 0.29) is 17.6 Å². The Kier molecular flexibility index (Phi) is 6.72. The summed E-state index contributed by atoms with van der Waals surface area (Å²) < 4.78 is 4.98. The molecule has 0 aliphatic heterocycles. The van der Waals surface area contributed by atoms with Gasteiger partial charge in [-0.15, -0.1) is 0 Å². The van der Waals surface area contributed by atoms with E-state index in [1.807, 2.05) is 0 Å². The molecule has 6 nitrogen and oxygen atoms in total. The number of halogens is 2. The first-order valence-electron chi connectivity index (χ1n) is 8.78. The highest BCUT2D eigenvalue weighted by Crippen LogP contribution is 2.23. The Morgan fingerprint density at radius 1 is 0.733 bits per heavy atom. The molecule has 8 heteroatoms. The largest absolute Gasteiger partial charge is 0.427 e. The number of ether oxygens (including phenoxy) is 1. The standard InChI is InChI=1S/C22H16Cl2N2O4/c1-13(27)30-18-4-2-3-14(11-18)21(28)25-16-6-8-17(9-7-16)26-22(29)15-5-10-19(23)20(24)12-15/h2-12H,1H3,(H,25,28)(H,26,29). The van der Waals surface area contributed by atoms with Gasteiger partial charge in [0.15, 0.2) is 0 Å². The number of amides is 2. The predicted octanol–water partition coefficient (Wildman–Crippen LogP) is 5.42. The van der Waals surface area contributed by atoms with E-state index in [0.29, 0.717) is 32.5 Å². The van der Waals surface area contributed by atoms with Crippen LogP contribution < -0.4 is 15.4 Å². The fourth-order valence-electron chi connectivity index (χ4n) is 2.55. The van der Waals surface area contributed by atoms with Gasteiger partial charge in [0.1, 0.15) is 5.75 Å². The van der Waals surface area contributed by atoms with E-state index in [1.54, 1.807) is 54.6 Å². The van der Waals surface area contributed by atoms with Crippen molar-refractivity contribution in [2.45, 2.75) is 6.92 Å². The summed E-state index contributed by atoms with van der Waals surface area (Å²) in [5.74, 6) is -0.884. The van der Waals surface area contributed by atoms with E-state index in [9.17, 15) is 14.4 Å². The van der Waals surface area contributed by atoms with Gasteiger partial charge in [0.2, 0.25) is 0 Å². The predicted molar refractivity (Wildman–Crippen MR) is 117 cm³/mol. The van der Waals surface area contributed by atoms with Crippen molar-refractivity contribution >= 4 is 52.4 Å². The maximum atomic E-state index is 12.4. The second kappa shape index (κ2) is 9.43. The molecule has 0 aliphatic rings. The third-order valence-corrected chi connectivity index (χ3v) is 4.68. The molecule has 0 atom stereocenters. The van der Waals surface area contributed by atoms with Gasteiger partial charge in [0.25, 0.3) is 11.8 Å². The van der Waals surface area contributed by atoms with Crippen LogP contribution in [0, 0.1) is 0 Å². The first kappa shape index (κ1) is 21.4. The third kappa shape index (κ3) is 5.59. The number of esters is 1. The van der Waals surface area contributed by atoms with Gasteiger partial charge in [0.05, 0.1) is 10.0 Å². The number of benzene rings is 3. The van der Waals surface area contributed by atoms with Crippen LogP contribution in [-0.2, 0) is 4.79 Å². The number of hydrogen-bond acceptors (Lipinski definition) is 4. The van der Waals surface area contributed by atoms with E-state index in [1.165, 1.54) is 19.1 Å². The summed E-state index contributed by atoms with van der Waals surface area (Å²) in [6.07, 6.45) is 0. The van der Waals surface area contributed by atoms with Gasteiger partial charge < -0.3 is 15.4 Å². The van der Waals surface area contributed by atoms with Gasteiger partial charge in [-0.25, -0.2) is 0 Å². The monoisotopic (exact) mass is 442 g/mol. The van der Waals surface area contributed by atoms with Crippen molar-refractivity contribution < 1.29 is 19.1 Å². The second-order valence-electron chi connectivity index (χ2n) is 6.24. The molecule has 0 aromatic heterocycles. The molecule has 30 heavy (non-hydrogen) atoms. The average molecular weight is 443 g/mol. The lowest BCUT2D eigenvalue weighted by Gasteiger charge is -2.09. The van der Waals surface area contributed by atoms with Crippen molar-refractivity contribution in [3.05, 3.63) is 87.9 Å². The summed E-state index contributed by atoms with van der Waals surface area (Å²) in [6, 6.07) is 17.5. The molecule has 3 aromatic rings. The van der Waals surface area contributed by atoms with Gasteiger partial charge >= 0.3 is 5.97 Å². The molecule has 2 N–H and O–H groups in total. The molecule has 0 radical (unpaired) electrons. The molecule has 0 saturated carbocycles. The lowest BCUT2D eigenvalue weighted by molar-refractivity contribution is -0.131. The SMILES string of the molecule is CC(=O)Oc1cccc(C(=O)Nc2ccc(NC(=O)c3ccc(Cl)c(Cl)c3)cc2)c1. The quantitative estimate of drug-likeness (QED) is 0.407. The van der Waals surface area contributed by atoms with Crippen molar-refractivity contribution in [3.8, 4) is 5.75 Å². The van der Waals surface area contributed by atoms with Gasteiger partial charge in [-0.05, 0) is 60.7 Å². The van der Waals surface area contributed by atoms with Crippen LogP contribution in [0.15, 0.2) is 66.7 Å². The molecule has 0 heterocycles. The van der Waals surface area contributed by atoms with E-state index >= 15 is 0 Å². The molecule has 0 saturated heterocycles. The minimum Gasteiger partial charge on any atom is -0.427 e. The van der Waals surface area contributed by atoms with Gasteiger partial charge in [-0.3, -0.25) is 14.4 Å². The lowest BCUT2D eigenvalue weighted by Crippen LogP contribution is -2.13. The highest BCUT2D eigenvalue weighted by Gasteiger charge is 2.10. The molecule has 0 bridgehead atoms. The van der Waals surface area contributed by atoms with Crippen LogP contribution >= 0.6 is 23.2 Å². The van der Waals surface area contributed by atoms with E-state index in [0.717, 1.165) is 0 Å². The molecular formula is C22H16Cl2N2O4. The normalized spacial score (nSPS) is 10.2. The Labute approximate surface area is 182 Å². The molecule has 0 unspecified atom stereocenters. The first-order valence-corrected chi connectivity index (χ1v) is 9.54.